The van der Waals surface area contributed by atoms with Crippen molar-refractivity contribution in [2.24, 2.45) is 0 Å². The van der Waals surface area contributed by atoms with E-state index in [9.17, 15) is 9.59 Å². The molecule has 2 aromatic rings. The number of likely N-dealkylation sites (tertiary alicyclic amines) is 1. The highest BCUT2D eigenvalue weighted by Gasteiger charge is 2.41. The number of ether oxygens (including phenoxy) is 3. The maximum absolute atomic E-state index is 12.8. The maximum Gasteiger partial charge on any atom is 0.337 e. The van der Waals surface area contributed by atoms with E-state index in [1.165, 1.54) is 7.11 Å². The molecule has 0 aliphatic carbocycles. The number of carbonyl (C=O) groups is 2. The molecule has 152 valence electrons. The van der Waals surface area contributed by atoms with Gasteiger partial charge in [0.25, 0.3) is 5.91 Å². The Morgan fingerprint density at radius 2 is 1.79 bits per heavy atom. The Labute approximate surface area is 168 Å². The first-order valence-corrected chi connectivity index (χ1v) is 9.44. The summed E-state index contributed by atoms with van der Waals surface area (Å²) < 4.78 is 16.1. The van der Waals surface area contributed by atoms with Crippen molar-refractivity contribution in [2.75, 3.05) is 38.7 Å². The van der Waals surface area contributed by atoms with Crippen molar-refractivity contribution < 1.29 is 23.8 Å². The van der Waals surface area contributed by atoms with Gasteiger partial charge in [0.15, 0.2) is 5.79 Å². The van der Waals surface area contributed by atoms with E-state index in [0.29, 0.717) is 62.0 Å². The zero-order valence-electron chi connectivity index (χ0n) is 16.1. The van der Waals surface area contributed by atoms with Crippen LogP contribution in [0.1, 0.15) is 33.7 Å². The van der Waals surface area contributed by atoms with Crippen molar-refractivity contribution in [3.63, 3.8) is 0 Å². The third-order valence-corrected chi connectivity index (χ3v) is 5.06. The largest absolute Gasteiger partial charge is 0.465 e. The van der Waals surface area contributed by atoms with Crippen LogP contribution in [0.5, 0.6) is 0 Å². The highest BCUT2D eigenvalue weighted by Crippen LogP contribution is 2.31. The second kappa shape index (κ2) is 8.14. The fourth-order valence-corrected chi connectivity index (χ4v) is 3.47. The second-order valence-electron chi connectivity index (χ2n) is 6.86. The molecular weight excluding hydrogens is 376 g/mol. The molecule has 1 aromatic carbocycles. The number of esters is 1. The molecule has 1 amide bonds. The molecule has 3 heterocycles. The van der Waals surface area contributed by atoms with E-state index in [1.807, 2.05) is 0 Å². The van der Waals surface area contributed by atoms with Crippen molar-refractivity contribution >= 4 is 23.5 Å². The van der Waals surface area contributed by atoms with Gasteiger partial charge >= 0.3 is 5.97 Å². The molecule has 4 rings (SSSR count). The smallest absolute Gasteiger partial charge is 0.337 e. The number of carbonyl (C=O) groups excluding carboxylic acids is 2. The predicted molar refractivity (Wildman–Crippen MR) is 103 cm³/mol. The zero-order valence-corrected chi connectivity index (χ0v) is 16.1. The molecule has 2 saturated heterocycles. The third kappa shape index (κ3) is 4.20. The lowest BCUT2D eigenvalue weighted by atomic mass is 10.0. The summed E-state index contributed by atoms with van der Waals surface area (Å²) in [6.45, 7) is 2.33. The second-order valence-corrected chi connectivity index (χ2v) is 6.86. The van der Waals surface area contributed by atoms with E-state index < -0.39 is 11.8 Å². The first kappa shape index (κ1) is 19.3. The van der Waals surface area contributed by atoms with Crippen LogP contribution in [0, 0.1) is 0 Å². The van der Waals surface area contributed by atoms with Crippen LogP contribution in [0.25, 0.3) is 0 Å². The summed E-state index contributed by atoms with van der Waals surface area (Å²) in [5.74, 6) is -0.773. The molecule has 0 atom stereocenters. The summed E-state index contributed by atoms with van der Waals surface area (Å²) in [5.41, 5.74) is 1.46. The van der Waals surface area contributed by atoms with Gasteiger partial charge in [-0.1, -0.05) is 0 Å². The Balaban J connectivity index is 1.40. The Morgan fingerprint density at radius 3 is 2.45 bits per heavy atom. The molecule has 0 radical (unpaired) electrons. The van der Waals surface area contributed by atoms with Crippen LogP contribution in [0.4, 0.5) is 11.6 Å². The van der Waals surface area contributed by atoms with Gasteiger partial charge in [0.2, 0.25) is 5.95 Å². The molecule has 1 spiro atoms. The Hall–Kier alpha value is -3.04. The van der Waals surface area contributed by atoms with Crippen LogP contribution in [-0.2, 0) is 14.2 Å². The minimum Gasteiger partial charge on any atom is -0.465 e. The molecule has 29 heavy (non-hydrogen) atoms. The molecule has 0 unspecified atom stereocenters. The van der Waals surface area contributed by atoms with Gasteiger partial charge in [0, 0.05) is 37.8 Å². The third-order valence-electron chi connectivity index (χ3n) is 5.06. The summed E-state index contributed by atoms with van der Waals surface area (Å²) >= 11 is 0. The summed E-state index contributed by atoms with van der Waals surface area (Å²) in [7, 11) is 1.33. The van der Waals surface area contributed by atoms with Gasteiger partial charge in [-0.15, -0.1) is 0 Å². The number of hydrogen-bond donors (Lipinski definition) is 1. The lowest BCUT2D eigenvalue weighted by molar-refractivity contribution is -0.181. The van der Waals surface area contributed by atoms with Crippen molar-refractivity contribution in [2.45, 2.75) is 18.6 Å². The molecule has 0 saturated carbocycles. The topological polar surface area (TPSA) is 103 Å². The van der Waals surface area contributed by atoms with Crippen molar-refractivity contribution in [3.8, 4) is 0 Å². The van der Waals surface area contributed by atoms with Crippen molar-refractivity contribution in [1.82, 2.24) is 14.9 Å². The Morgan fingerprint density at radius 1 is 1.10 bits per heavy atom. The number of amides is 1. The Kier molecular flexibility index (Phi) is 5.41. The van der Waals surface area contributed by atoms with E-state index >= 15 is 0 Å². The van der Waals surface area contributed by atoms with E-state index in [0.717, 1.165) is 0 Å². The highest BCUT2D eigenvalue weighted by molar-refractivity contribution is 5.92. The lowest BCUT2D eigenvalue weighted by Gasteiger charge is -2.37. The molecule has 2 aliphatic rings. The van der Waals surface area contributed by atoms with Gasteiger partial charge in [-0.25, -0.2) is 14.8 Å². The van der Waals surface area contributed by atoms with E-state index in [-0.39, 0.29) is 5.91 Å². The molecule has 1 N–H and O–H groups in total. The van der Waals surface area contributed by atoms with E-state index in [1.54, 1.807) is 41.4 Å². The highest BCUT2D eigenvalue weighted by atomic mass is 16.7. The van der Waals surface area contributed by atoms with Crippen LogP contribution in [0.15, 0.2) is 36.5 Å². The first-order valence-electron chi connectivity index (χ1n) is 9.44. The normalized spacial score (nSPS) is 17.9. The van der Waals surface area contributed by atoms with Crippen molar-refractivity contribution in [3.05, 3.63) is 47.8 Å². The maximum atomic E-state index is 12.8. The minimum atomic E-state index is -0.522. The van der Waals surface area contributed by atoms with Gasteiger partial charge in [0.05, 0.1) is 25.9 Å². The van der Waals surface area contributed by atoms with Crippen molar-refractivity contribution in [1.29, 1.82) is 0 Å². The van der Waals surface area contributed by atoms with Crippen LogP contribution >= 0.6 is 0 Å². The number of nitrogens with one attached hydrogen (secondary N) is 1. The number of rotatable bonds is 4. The number of hydrogen-bond acceptors (Lipinski definition) is 8. The van der Waals surface area contributed by atoms with Gasteiger partial charge in [-0.05, 0) is 30.3 Å². The molecule has 9 nitrogen and oxygen atoms in total. The summed E-state index contributed by atoms with van der Waals surface area (Å²) in [6.07, 6.45) is 2.85. The fourth-order valence-electron chi connectivity index (χ4n) is 3.47. The van der Waals surface area contributed by atoms with Gasteiger partial charge < -0.3 is 24.4 Å². The zero-order chi connectivity index (χ0) is 20.3. The molecule has 2 fully saturated rings. The predicted octanol–water partition coefficient (Wildman–Crippen LogP) is 1.99. The van der Waals surface area contributed by atoms with E-state index in [2.05, 4.69) is 20.0 Å². The van der Waals surface area contributed by atoms with Crippen LogP contribution in [-0.4, -0.2) is 65.9 Å². The summed E-state index contributed by atoms with van der Waals surface area (Å²) in [5, 5.41) is 3.04. The number of piperidine rings is 1. The monoisotopic (exact) mass is 398 g/mol. The van der Waals surface area contributed by atoms with Gasteiger partial charge in [0.1, 0.15) is 5.69 Å². The summed E-state index contributed by atoms with van der Waals surface area (Å²) in [4.78, 5) is 34.6. The molecule has 2 aliphatic heterocycles. The summed E-state index contributed by atoms with van der Waals surface area (Å²) in [6, 6.07) is 8.31. The number of aromatic nitrogens is 2. The number of anilines is 2. The molecule has 9 heteroatoms. The molecule has 0 bridgehead atoms. The lowest BCUT2D eigenvalue weighted by Crippen LogP contribution is -2.47. The van der Waals surface area contributed by atoms with Crippen LogP contribution in [0.3, 0.4) is 0 Å². The van der Waals surface area contributed by atoms with Crippen LogP contribution in [0.2, 0.25) is 0 Å². The number of nitrogens with zero attached hydrogens (tertiary/aromatic N) is 3. The number of benzene rings is 1. The van der Waals surface area contributed by atoms with Gasteiger partial charge in [-0.2, -0.15) is 0 Å². The number of methoxy groups -OCH3 is 1. The van der Waals surface area contributed by atoms with Gasteiger partial charge in [-0.3, -0.25) is 4.79 Å². The Bertz CT molecular complexity index is 886. The van der Waals surface area contributed by atoms with E-state index in [4.69, 9.17) is 9.47 Å². The standard InChI is InChI=1S/C20H22N4O5/c1-27-18(26)14-2-4-15(5-3-14)22-19-21-9-6-16(23-19)17(25)24-10-7-20(8-11-24)28-12-13-29-20/h2-6,9H,7-8,10-13H2,1H3,(H,21,22,23). The van der Waals surface area contributed by atoms with Crippen LogP contribution < -0.4 is 5.32 Å². The molecule has 1 aromatic heterocycles. The first-order chi connectivity index (χ1) is 14.1. The molecular formula is C20H22N4O5. The fraction of sp³-hybridized carbons (Fsp3) is 0.400. The minimum absolute atomic E-state index is 0.149. The average Bonchev–Trinajstić information content (AvgIpc) is 3.22. The SMILES string of the molecule is COC(=O)c1ccc(Nc2nccc(C(=O)N3CCC4(CC3)OCCO4)n2)cc1. The average molecular weight is 398 g/mol. The quantitative estimate of drug-likeness (QED) is 0.780.